The van der Waals surface area contributed by atoms with Crippen LogP contribution in [0.5, 0.6) is 0 Å². The maximum atomic E-state index is 12.2. The highest BCUT2D eigenvalue weighted by atomic mass is 35.5. The molecule has 0 aliphatic rings. The Labute approximate surface area is 143 Å². The van der Waals surface area contributed by atoms with E-state index in [1.165, 1.54) is 18.2 Å². The number of hydrogen-bond acceptors (Lipinski definition) is 4. The second kappa shape index (κ2) is 7.27. The molecule has 0 saturated heterocycles. The molecule has 0 radical (unpaired) electrons. The second-order valence-corrected chi connectivity index (χ2v) is 7.17. The Bertz CT molecular complexity index is 840. The predicted octanol–water partition coefficient (Wildman–Crippen LogP) is 3.42. The van der Waals surface area contributed by atoms with Gasteiger partial charge in [-0.25, -0.2) is 13.1 Å². The van der Waals surface area contributed by atoms with Crippen molar-refractivity contribution in [3.05, 3.63) is 68.2 Å². The van der Waals surface area contributed by atoms with Crippen molar-refractivity contribution in [2.45, 2.75) is 11.3 Å². The van der Waals surface area contributed by atoms with Crippen molar-refractivity contribution >= 4 is 38.9 Å². The van der Waals surface area contributed by atoms with Crippen molar-refractivity contribution < 1.29 is 13.3 Å². The number of halogens is 2. The van der Waals surface area contributed by atoms with Crippen LogP contribution in [0.25, 0.3) is 0 Å². The second-order valence-electron chi connectivity index (χ2n) is 4.62. The van der Waals surface area contributed by atoms with Crippen LogP contribution in [0.4, 0.5) is 5.69 Å². The summed E-state index contributed by atoms with van der Waals surface area (Å²) in [6, 6.07) is 10.2. The number of nitro groups is 1. The third kappa shape index (κ3) is 4.42. The number of hydrogen-bond donors (Lipinski definition) is 1. The molecule has 0 heterocycles. The molecule has 23 heavy (non-hydrogen) atoms. The lowest BCUT2D eigenvalue weighted by Gasteiger charge is -2.08. The molecular formula is C14H12Cl2N2O4S. The van der Waals surface area contributed by atoms with Gasteiger partial charge in [-0.05, 0) is 30.2 Å². The van der Waals surface area contributed by atoms with Crippen LogP contribution < -0.4 is 4.72 Å². The summed E-state index contributed by atoms with van der Waals surface area (Å²) >= 11 is 11.7. The normalized spacial score (nSPS) is 11.4. The number of para-hydroxylation sites is 1. The lowest BCUT2D eigenvalue weighted by molar-refractivity contribution is -0.387. The van der Waals surface area contributed by atoms with Crippen LogP contribution in [0, 0.1) is 10.1 Å². The van der Waals surface area contributed by atoms with Crippen LogP contribution in [0.15, 0.2) is 47.4 Å². The smallest absolute Gasteiger partial charge is 0.258 e. The zero-order chi connectivity index (χ0) is 17.0. The molecule has 2 aromatic carbocycles. The first-order valence-electron chi connectivity index (χ1n) is 6.48. The van der Waals surface area contributed by atoms with E-state index < -0.39 is 20.6 Å². The number of nitro benzene ring substituents is 1. The number of nitrogens with one attached hydrogen (secondary N) is 1. The van der Waals surface area contributed by atoms with Gasteiger partial charge in [-0.3, -0.25) is 10.1 Å². The van der Waals surface area contributed by atoms with Crippen molar-refractivity contribution in [2.24, 2.45) is 0 Å². The average molecular weight is 375 g/mol. The summed E-state index contributed by atoms with van der Waals surface area (Å²) in [4.78, 5) is 9.83. The summed E-state index contributed by atoms with van der Waals surface area (Å²) in [5, 5.41) is 11.7. The quantitative estimate of drug-likeness (QED) is 0.619. The minimum atomic E-state index is -3.98. The molecule has 0 amide bonds. The van der Waals surface area contributed by atoms with E-state index in [0.717, 1.165) is 11.6 Å². The zero-order valence-electron chi connectivity index (χ0n) is 11.7. The van der Waals surface area contributed by atoms with Crippen molar-refractivity contribution in [1.29, 1.82) is 0 Å². The van der Waals surface area contributed by atoms with Crippen LogP contribution in [-0.4, -0.2) is 19.9 Å². The van der Waals surface area contributed by atoms with Gasteiger partial charge < -0.3 is 0 Å². The fourth-order valence-electron chi connectivity index (χ4n) is 1.94. The van der Waals surface area contributed by atoms with E-state index in [9.17, 15) is 18.5 Å². The van der Waals surface area contributed by atoms with Crippen LogP contribution in [0.3, 0.4) is 0 Å². The van der Waals surface area contributed by atoms with Crippen LogP contribution in [0.1, 0.15) is 5.56 Å². The Morgan fingerprint density at radius 3 is 2.43 bits per heavy atom. The lowest BCUT2D eigenvalue weighted by atomic mass is 10.1. The van der Waals surface area contributed by atoms with Gasteiger partial charge >= 0.3 is 0 Å². The highest BCUT2D eigenvalue weighted by Gasteiger charge is 2.24. The number of benzene rings is 2. The van der Waals surface area contributed by atoms with Gasteiger partial charge in [-0.15, -0.1) is 0 Å². The summed E-state index contributed by atoms with van der Waals surface area (Å²) in [7, 11) is -3.98. The van der Waals surface area contributed by atoms with Gasteiger partial charge in [0, 0.05) is 12.6 Å². The Hall–Kier alpha value is -1.67. The lowest BCUT2D eigenvalue weighted by Crippen LogP contribution is -2.26. The first-order chi connectivity index (χ1) is 10.8. The van der Waals surface area contributed by atoms with E-state index in [1.807, 2.05) is 0 Å². The fourth-order valence-corrected chi connectivity index (χ4v) is 3.46. The number of rotatable bonds is 6. The monoisotopic (exact) mass is 374 g/mol. The van der Waals surface area contributed by atoms with E-state index in [-0.39, 0.29) is 11.4 Å². The molecule has 0 atom stereocenters. The van der Waals surface area contributed by atoms with Gasteiger partial charge in [0.2, 0.25) is 10.0 Å². The molecule has 122 valence electrons. The topological polar surface area (TPSA) is 89.3 Å². The third-order valence-corrected chi connectivity index (χ3v) is 5.29. The molecule has 0 aliphatic heterocycles. The molecule has 0 aliphatic carbocycles. The van der Waals surface area contributed by atoms with Gasteiger partial charge in [0.05, 0.1) is 15.0 Å². The largest absolute Gasteiger partial charge is 0.289 e. The molecule has 0 spiro atoms. The van der Waals surface area contributed by atoms with Crippen LogP contribution in [0.2, 0.25) is 10.0 Å². The molecule has 2 rings (SSSR count). The van der Waals surface area contributed by atoms with Gasteiger partial charge in [0.25, 0.3) is 5.69 Å². The Balaban J connectivity index is 2.10. The van der Waals surface area contributed by atoms with E-state index in [1.54, 1.807) is 18.2 Å². The summed E-state index contributed by atoms with van der Waals surface area (Å²) in [6.07, 6.45) is 0.372. The molecule has 1 N–H and O–H groups in total. The highest BCUT2D eigenvalue weighted by molar-refractivity contribution is 7.89. The molecular weight excluding hydrogens is 363 g/mol. The third-order valence-electron chi connectivity index (χ3n) is 3.04. The van der Waals surface area contributed by atoms with Gasteiger partial charge in [-0.2, -0.15) is 0 Å². The average Bonchev–Trinajstić information content (AvgIpc) is 2.50. The molecule has 6 nitrogen and oxygen atoms in total. The minimum Gasteiger partial charge on any atom is -0.258 e. The van der Waals surface area contributed by atoms with Crippen molar-refractivity contribution in [3.63, 3.8) is 0 Å². The van der Waals surface area contributed by atoms with E-state index >= 15 is 0 Å². The zero-order valence-corrected chi connectivity index (χ0v) is 14.0. The van der Waals surface area contributed by atoms with Gasteiger partial charge in [0.15, 0.2) is 4.90 Å². The van der Waals surface area contributed by atoms with Crippen molar-refractivity contribution in [1.82, 2.24) is 4.72 Å². The summed E-state index contributed by atoms with van der Waals surface area (Å²) in [6.45, 7) is 0.0757. The van der Waals surface area contributed by atoms with Crippen LogP contribution >= 0.6 is 23.2 Å². The molecule has 2 aromatic rings. The van der Waals surface area contributed by atoms with Crippen molar-refractivity contribution in [2.75, 3.05) is 6.54 Å². The molecule has 0 aromatic heterocycles. The number of sulfonamides is 1. The SMILES string of the molecule is O=[N+]([O-])c1ccccc1S(=O)(=O)NCCc1ccc(Cl)c(Cl)c1. The Morgan fingerprint density at radius 2 is 1.78 bits per heavy atom. The maximum Gasteiger partial charge on any atom is 0.289 e. The Kier molecular flexibility index (Phi) is 5.59. The maximum absolute atomic E-state index is 12.2. The summed E-state index contributed by atoms with van der Waals surface area (Å²) in [5.74, 6) is 0. The summed E-state index contributed by atoms with van der Waals surface area (Å²) < 4.78 is 26.8. The molecule has 0 fully saturated rings. The van der Waals surface area contributed by atoms with Gasteiger partial charge in [-0.1, -0.05) is 41.4 Å². The van der Waals surface area contributed by atoms with E-state index in [4.69, 9.17) is 23.2 Å². The standard InChI is InChI=1S/C14H12Cl2N2O4S/c15-11-6-5-10(9-12(11)16)7-8-17-23(21,22)14-4-2-1-3-13(14)18(19)20/h1-6,9,17H,7-8H2. The van der Waals surface area contributed by atoms with E-state index in [2.05, 4.69) is 4.72 Å². The van der Waals surface area contributed by atoms with Crippen LogP contribution in [-0.2, 0) is 16.4 Å². The van der Waals surface area contributed by atoms with Crippen molar-refractivity contribution in [3.8, 4) is 0 Å². The first kappa shape index (κ1) is 17.7. The molecule has 0 unspecified atom stereocenters. The molecule has 0 bridgehead atoms. The summed E-state index contributed by atoms with van der Waals surface area (Å²) in [5.41, 5.74) is 0.333. The highest BCUT2D eigenvalue weighted by Crippen LogP contribution is 2.24. The predicted molar refractivity (Wildman–Crippen MR) is 88.5 cm³/mol. The molecule has 9 heteroatoms. The van der Waals surface area contributed by atoms with Gasteiger partial charge in [0.1, 0.15) is 0 Å². The minimum absolute atomic E-state index is 0.0757. The fraction of sp³-hybridized carbons (Fsp3) is 0.143. The Morgan fingerprint density at radius 1 is 1.09 bits per heavy atom. The number of nitrogens with zero attached hydrogens (tertiary/aromatic N) is 1. The first-order valence-corrected chi connectivity index (χ1v) is 8.72. The van der Waals surface area contributed by atoms with E-state index in [0.29, 0.717) is 16.5 Å². The molecule has 0 saturated carbocycles.